The summed E-state index contributed by atoms with van der Waals surface area (Å²) in [4.78, 5) is 11.9. The van der Waals surface area contributed by atoms with Crippen LogP contribution >= 0.6 is 0 Å². The first-order valence-electron chi connectivity index (χ1n) is 5.48. The van der Waals surface area contributed by atoms with E-state index in [1.165, 1.54) is 0 Å². The van der Waals surface area contributed by atoms with E-state index in [1.54, 1.807) is 7.11 Å². The molecule has 2 nitrogen and oxygen atoms in total. The van der Waals surface area contributed by atoms with Gasteiger partial charge in [-0.05, 0) is 31.1 Å². The maximum atomic E-state index is 11.9. The lowest BCUT2D eigenvalue weighted by atomic mass is 9.69. The van der Waals surface area contributed by atoms with Crippen molar-refractivity contribution in [1.29, 1.82) is 0 Å². The molecule has 0 aliphatic heterocycles. The van der Waals surface area contributed by atoms with E-state index in [2.05, 4.69) is 19.8 Å². The Morgan fingerprint density at radius 1 is 1.33 bits per heavy atom. The van der Waals surface area contributed by atoms with Gasteiger partial charge < -0.3 is 4.74 Å². The Morgan fingerprint density at radius 2 is 1.87 bits per heavy atom. The minimum absolute atomic E-state index is 0.0722. The molecule has 0 radical (unpaired) electrons. The fraction of sp³-hybridized carbons (Fsp3) is 0.769. The van der Waals surface area contributed by atoms with Gasteiger partial charge in [-0.25, -0.2) is 0 Å². The number of Topliss-reactive ketones (excluding diaryl/α,β-unsaturated/α-hetero) is 1. The van der Waals surface area contributed by atoms with Crippen LogP contribution in [0.2, 0.25) is 0 Å². The van der Waals surface area contributed by atoms with Gasteiger partial charge in [0, 0.05) is 7.11 Å². The standard InChI is InChI=1S/C13H20O2/c1-5-6-11(14)13(15-4)9-7-12(2,3)8-10-13/h1H,6-10H2,2-4H3. The predicted molar refractivity (Wildman–Crippen MR) is 60.4 cm³/mol. The van der Waals surface area contributed by atoms with Crippen LogP contribution in [-0.2, 0) is 9.53 Å². The average Bonchev–Trinajstić information content (AvgIpc) is 2.19. The molecular formula is C13H20O2. The Balaban J connectivity index is 2.73. The van der Waals surface area contributed by atoms with E-state index in [-0.39, 0.29) is 12.2 Å². The number of terminal acetylenes is 1. The largest absolute Gasteiger partial charge is 0.370 e. The van der Waals surface area contributed by atoms with Crippen LogP contribution in [0.5, 0.6) is 0 Å². The highest BCUT2D eigenvalue weighted by molar-refractivity contribution is 5.89. The van der Waals surface area contributed by atoms with Crippen molar-refractivity contribution in [3.05, 3.63) is 0 Å². The van der Waals surface area contributed by atoms with Gasteiger partial charge in [0.2, 0.25) is 0 Å². The SMILES string of the molecule is C#CCC(=O)C1(OC)CCC(C)(C)CC1. The summed E-state index contributed by atoms with van der Waals surface area (Å²) in [7, 11) is 1.62. The Bertz CT molecular complexity index is 273. The number of carbonyl (C=O) groups is 1. The van der Waals surface area contributed by atoms with Crippen molar-refractivity contribution in [3.8, 4) is 12.3 Å². The lowest BCUT2D eigenvalue weighted by Gasteiger charge is -2.41. The number of carbonyl (C=O) groups excluding carboxylic acids is 1. The predicted octanol–water partition coefficient (Wildman–Crippen LogP) is 2.56. The first-order valence-corrected chi connectivity index (χ1v) is 5.48. The lowest BCUT2D eigenvalue weighted by molar-refractivity contribution is -0.146. The zero-order valence-corrected chi connectivity index (χ0v) is 9.93. The molecule has 0 atom stereocenters. The molecular weight excluding hydrogens is 188 g/mol. The normalized spacial score (nSPS) is 23.1. The summed E-state index contributed by atoms with van der Waals surface area (Å²) in [5.74, 6) is 2.49. The zero-order chi connectivity index (χ0) is 11.5. The van der Waals surface area contributed by atoms with Crippen molar-refractivity contribution < 1.29 is 9.53 Å². The summed E-state index contributed by atoms with van der Waals surface area (Å²) >= 11 is 0. The van der Waals surface area contributed by atoms with Crippen molar-refractivity contribution in [1.82, 2.24) is 0 Å². The van der Waals surface area contributed by atoms with Gasteiger partial charge in [-0.15, -0.1) is 6.42 Å². The van der Waals surface area contributed by atoms with Gasteiger partial charge in [0.15, 0.2) is 5.78 Å². The molecule has 1 saturated carbocycles. The van der Waals surface area contributed by atoms with Crippen molar-refractivity contribution in [2.24, 2.45) is 5.41 Å². The highest BCUT2D eigenvalue weighted by atomic mass is 16.5. The topological polar surface area (TPSA) is 26.3 Å². The van der Waals surface area contributed by atoms with Crippen molar-refractivity contribution in [2.45, 2.75) is 51.6 Å². The van der Waals surface area contributed by atoms with E-state index in [1.807, 2.05) is 0 Å². The Labute approximate surface area is 92.4 Å². The molecule has 1 fully saturated rings. The average molecular weight is 208 g/mol. The Hall–Kier alpha value is -0.810. The molecule has 0 N–H and O–H groups in total. The molecule has 15 heavy (non-hydrogen) atoms. The molecule has 0 unspecified atom stereocenters. The molecule has 2 heteroatoms. The number of hydrogen-bond donors (Lipinski definition) is 0. The van der Waals surface area contributed by atoms with Crippen LogP contribution in [0.25, 0.3) is 0 Å². The van der Waals surface area contributed by atoms with Gasteiger partial charge >= 0.3 is 0 Å². The number of rotatable bonds is 3. The smallest absolute Gasteiger partial charge is 0.176 e. The van der Waals surface area contributed by atoms with Crippen LogP contribution in [0, 0.1) is 17.8 Å². The van der Waals surface area contributed by atoms with Crippen LogP contribution < -0.4 is 0 Å². The maximum absolute atomic E-state index is 11.9. The minimum atomic E-state index is -0.595. The highest BCUT2D eigenvalue weighted by Gasteiger charge is 2.43. The molecule has 0 aromatic carbocycles. The molecule has 0 heterocycles. The molecule has 0 aromatic rings. The lowest BCUT2D eigenvalue weighted by Crippen LogP contribution is -2.45. The van der Waals surface area contributed by atoms with E-state index < -0.39 is 5.60 Å². The van der Waals surface area contributed by atoms with Gasteiger partial charge in [0.05, 0.1) is 6.42 Å². The van der Waals surface area contributed by atoms with E-state index >= 15 is 0 Å². The number of ether oxygens (including phenoxy) is 1. The molecule has 1 aliphatic carbocycles. The van der Waals surface area contributed by atoms with Gasteiger partial charge in [-0.1, -0.05) is 19.8 Å². The summed E-state index contributed by atoms with van der Waals surface area (Å²) in [5, 5.41) is 0. The third kappa shape index (κ3) is 2.60. The van der Waals surface area contributed by atoms with E-state index in [9.17, 15) is 4.79 Å². The van der Waals surface area contributed by atoms with Gasteiger partial charge in [0.1, 0.15) is 5.60 Å². The fourth-order valence-electron chi connectivity index (χ4n) is 2.18. The van der Waals surface area contributed by atoms with E-state index in [0.717, 1.165) is 25.7 Å². The summed E-state index contributed by atoms with van der Waals surface area (Å²) in [5.41, 5.74) is -0.264. The van der Waals surface area contributed by atoms with Crippen LogP contribution in [0.1, 0.15) is 46.0 Å². The molecule has 0 bridgehead atoms. The second-order valence-electron chi connectivity index (χ2n) is 5.17. The maximum Gasteiger partial charge on any atom is 0.176 e. The highest BCUT2D eigenvalue weighted by Crippen LogP contribution is 2.42. The van der Waals surface area contributed by atoms with Gasteiger partial charge in [-0.3, -0.25) is 4.79 Å². The van der Waals surface area contributed by atoms with Crippen LogP contribution in [0.4, 0.5) is 0 Å². The molecule has 0 spiro atoms. The molecule has 0 saturated heterocycles. The van der Waals surface area contributed by atoms with Gasteiger partial charge in [0.25, 0.3) is 0 Å². The molecule has 84 valence electrons. The third-order valence-corrected chi connectivity index (χ3v) is 3.57. The second kappa shape index (κ2) is 4.37. The Morgan fingerprint density at radius 3 is 2.27 bits per heavy atom. The van der Waals surface area contributed by atoms with Crippen LogP contribution in [-0.4, -0.2) is 18.5 Å². The fourth-order valence-corrected chi connectivity index (χ4v) is 2.18. The molecule has 0 amide bonds. The summed E-state index contributed by atoms with van der Waals surface area (Å²) in [6.45, 7) is 4.47. The van der Waals surface area contributed by atoms with Crippen molar-refractivity contribution in [2.75, 3.05) is 7.11 Å². The zero-order valence-electron chi connectivity index (χ0n) is 9.93. The number of hydrogen-bond acceptors (Lipinski definition) is 2. The van der Waals surface area contributed by atoms with Gasteiger partial charge in [-0.2, -0.15) is 0 Å². The summed E-state index contributed by atoms with van der Waals surface area (Å²) in [6, 6.07) is 0. The first kappa shape index (κ1) is 12.3. The molecule has 1 aliphatic rings. The van der Waals surface area contributed by atoms with Crippen molar-refractivity contribution in [3.63, 3.8) is 0 Å². The quantitative estimate of drug-likeness (QED) is 0.666. The summed E-state index contributed by atoms with van der Waals surface area (Å²) < 4.78 is 5.44. The van der Waals surface area contributed by atoms with Crippen LogP contribution in [0.3, 0.4) is 0 Å². The molecule has 0 aromatic heterocycles. The first-order chi connectivity index (χ1) is 6.96. The minimum Gasteiger partial charge on any atom is -0.370 e. The van der Waals surface area contributed by atoms with E-state index in [0.29, 0.717) is 5.41 Å². The van der Waals surface area contributed by atoms with Crippen LogP contribution in [0.15, 0.2) is 0 Å². The molecule has 1 rings (SSSR count). The number of ketones is 1. The monoisotopic (exact) mass is 208 g/mol. The third-order valence-electron chi connectivity index (χ3n) is 3.57. The van der Waals surface area contributed by atoms with Crippen molar-refractivity contribution >= 4 is 5.78 Å². The Kier molecular flexibility index (Phi) is 3.57. The second-order valence-corrected chi connectivity index (χ2v) is 5.17. The number of methoxy groups -OCH3 is 1. The van der Waals surface area contributed by atoms with E-state index in [4.69, 9.17) is 11.2 Å². The summed E-state index contributed by atoms with van der Waals surface area (Å²) in [6.07, 6.45) is 9.02.